The number of hydrogen-bond acceptors (Lipinski definition) is 4. The molecule has 2 aromatic carbocycles. The van der Waals surface area contributed by atoms with Crippen LogP contribution in [0.1, 0.15) is 38.8 Å². The van der Waals surface area contributed by atoms with Gasteiger partial charge in [0.15, 0.2) is 0 Å². The number of amides is 2. The zero-order valence-electron chi connectivity index (χ0n) is 18.1. The number of likely N-dealkylation sites (N-methyl/N-ethyl adjacent to an activating group) is 1. The summed E-state index contributed by atoms with van der Waals surface area (Å²) >= 11 is 0. The minimum atomic E-state index is -0.176. The smallest absolute Gasteiger partial charge is 0.238 e. The molecule has 0 spiro atoms. The van der Waals surface area contributed by atoms with Gasteiger partial charge in [-0.3, -0.25) is 14.5 Å². The Morgan fingerprint density at radius 3 is 2.24 bits per heavy atom. The van der Waals surface area contributed by atoms with E-state index in [1.54, 1.807) is 18.2 Å². The van der Waals surface area contributed by atoms with Crippen molar-refractivity contribution >= 4 is 23.2 Å². The molecule has 0 saturated carbocycles. The van der Waals surface area contributed by atoms with Gasteiger partial charge in [0.25, 0.3) is 0 Å². The van der Waals surface area contributed by atoms with Crippen molar-refractivity contribution < 1.29 is 14.3 Å². The standard InChI is InChI=1S/C23H31N3O3/c1-16(27)24-19-11-12-21(29-6)20(13-19)25-22(28)15-26(5)14-17-7-9-18(10-8-17)23(2,3)4/h7-13H,14-15H2,1-6H3,(H,24,27)(H,25,28). The van der Waals surface area contributed by atoms with Crippen molar-refractivity contribution in [2.24, 2.45) is 0 Å². The number of methoxy groups -OCH3 is 1. The monoisotopic (exact) mass is 397 g/mol. The van der Waals surface area contributed by atoms with E-state index < -0.39 is 0 Å². The second-order valence-electron chi connectivity index (χ2n) is 8.26. The summed E-state index contributed by atoms with van der Waals surface area (Å²) in [6.45, 7) is 8.90. The Morgan fingerprint density at radius 1 is 1.03 bits per heavy atom. The highest BCUT2D eigenvalue weighted by molar-refractivity contribution is 5.95. The summed E-state index contributed by atoms with van der Waals surface area (Å²) in [6, 6.07) is 13.6. The molecule has 0 unspecified atom stereocenters. The van der Waals surface area contributed by atoms with Crippen molar-refractivity contribution in [1.29, 1.82) is 0 Å². The molecule has 0 fully saturated rings. The maximum absolute atomic E-state index is 12.5. The lowest BCUT2D eigenvalue weighted by atomic mass is 9.87. The first kappa shape index (κ1) is 22.4. The lowest BCUT2D eigenvalue weighted by Crippen LogP contribution is -2.30. The van der Waals surface area contributed by atoms with Gasteiger partial charge in [-0.15, -0.1) is 0 Å². The van der Waals surface area contributed by atoms with Crippen molar-refractivity contribution in [2.75, 3.05) is 31.3 Å². The minimum absolute atomic E-state index is 0.120. The first-order valence-electron chi connectivity index (χ1n) is 9.62. The van der Waals surface area contributed by atoms with Crippen LogP contribution in [0.25, 0.3) is 0 Å². The number of carbonyl (C=O) groups is 2. The second kappa shape index (κ2) is 9.56. The van der Waals surface area contributed by atoms with Crippen molar-refractivity contribution in [3.8, 4) is 5.75 Å². The normalized spacial score (nSPS) is 11.3. The summed E-state index contributed by atoms with van der Waals surface area (Å²) < 4.78 is 5.30. The Hall–Kier alpha value is -2.86. The maximum atomic E-state index is 12.5. The number of ether oxygens (including phenoxy) is 1. The predicted molar refractivity (Wildman–Crippen MR) is 117 cm³/mol. The highest BCUT2D eigenvalue weighted by Gasteiger charge is 2.14. The van der Waals surface area contributed by atoms with E-state index in [-0.39, 0.29) is 23.8 Å². The topological polar surface area (TPSA) is 70.7 Å². The molecule has 0 atom stereocenters. The lowest BCUT2D eigenvalue weighted by molar-refractivity contribution is -0.117. The summed E-state index contributed by atoms with van der Waals surface area (Å²) in [7, 11) is 3.44. The molecule has 0 aliphatic carbocycles. The van der Waals surface area contributed by atoms with E-state index in [0.717, 1.165) is 5.56 Å². The van der Waals surface area contributed by atoms with Crippen molar-refractivity contribution in [2.45, 2.75) is 39.7 Å². The molecule has 0 aliphatic rings. The Labute approximate surface area is 173 Å². The van der Waals surface area contributed by atoms with Crippen LogP contribution in [-0.2, 0) is 21.5 Å². The van der Waals surface area contributed by atoms with Crippen molar-refractivity contribution in [3.63, 3.8) is 0 Å². The van der Waals surface area contributed by atoms with Crippen LogP contribution in [0, 0.1) is 0 Å². The molecule has 156 valence electrons. The summed E-state index contributed by atoms with van der Waals surface area (Å²) in [5.41, 5.74) is 3.67. The van der Waals surface area contributed by atoms with Gasteiger partial charge < -0.3 is 15.4 Å². The third kappa shape index (κ3) is 6.91. The molecular weight excluding hydrogens is 366 g/mol. The van der Waals surface area contributed by atoms with Crippen LogP contribution in [0.3, 0.4) is 0 Å². The van der Waals surface area contributed by atoms with Gasteiger partial charge >= 0.3 is 0 Å². The third-order valence-corrected chi connectivity index (χ3v) is 4.48. The van der Waals surface area contributed by atoms with Gasteiger partial charge in [0.05, 0.1) is 19.3 Å². The molecule has 0 aromatic heterocycles. The Kier molecular flexibility index (Phi) is 7.40. The summed E-state index contributed by atoms with van der Waals surface area (Å²) in [5, 5.41) is 5.57. The molecule has 2 amide bonds. The van der Waals surface area contributed by atoms with E-state index in [1.807, 2.05) is 11.9 Å². The van der Waals surface area contributed by atoms with E-state index in [4.69, 9.17) is 4.74 Å². The van der Waals surface area contributed by atoms with Crippen LogP contribution in [0.5, 0.6) is 5.75 Å². The van der Waals surface area contributed by atoms with Crippen LogP contribution >= 0.6 is 0 Å². The van der Waals surface area contributed by atoms with Gasteiger partial charge in [-0.05, 0) is 41.8 Å². The fourth-order valence-electron chi connectivity index (χ4n) is 3.00. The number of benzene rings is 2. The van der Waals surface area contributed by atoms with Gasteiger partial charge in [-0.1, -0.05) is 45.0 Å². The molecule has 6 heteroatoms. The lowest BCUT2D eigenvalue weighted by Gasteiger charge is -2.21. The maximum Gasteiger partial charge on any atom is 0.238 e. The van der Waals surface area contributed by atoms with Gasteiger partial charge in [0, 0.05) is 19.2 Å². The largest absolute Gasteiger partial charge is 0.495 e. The summed E-state index contributed by atoms with van der Waals surface area (Å²) in [5.74, 6) is 0.203. The average Bonchev–Trinajstić information content (AvgIpc) is 2.61. The predicted octanol–water partition coefficient (Wildman–Crippen LogP) is 4.02. The van der Waals surface area contributed by atoms with Crippen LogP contribution in [0.2, 0.25) is 0 Å². The van der Waals surface area contributed by atoms with Crippen LogP contribution in [0.4, 0.5) is 11.4 Å². The van der Waals surface area contributed by atoms with Gasteiger partial charge in [0.1, 0.15) is 5.75 Å². The average molecular weight is 398 g/mol. The molecule has 0 aliphatic heterocycles. The van der Waals surface area contributed by atoms with E-state index >= 15 is 0 Å². The second-order valence-corrected chi connectivity index (χ2v) is 8.26. The van der Waals surface area contributed by atoms with Crippen molar-refractivity contribution in [3.05, 3.63) is 53.6 Å². The van der Waals surface area contributed by atoms with Gasteiger partial charge in [-0.2, -0.15) is 0 Å². The van der Waals surface area contributed by atoms with Crippen LogP contribution in [0.15, 0.2) is 42.5 Å². The Bertz CT molecular complexity index is 855. The Morgan fingerprint density at radius 2 is 1.69 bits per heavy atom. The SMILES string of the molecule is COc1ccc(NC(C)=O)cc1NC(=O)CN(C)Cc1ccc(C(C)(C)C)cc1. The zero-order chi connectivity index (χ0) is 21.6. The number of nitrogens with zero attached hydrogens (tertiary/aromatic N) is 1. The summed E-state index contributed by atoms with van der Waals surface area (Å²) in [4.78, 5) is 25.7. The van der Waals surface area contributed by atoms with E-state index in [2.05, 4.69) is 55.7 Å². The van der Waals surface area contributed by atoms with Crippen LogP contribution < -0.4 is 15.4 Å². The molecule has 0 radical (unpaired) electrons. The van der Waals surface area contributed by atoms with E-state index in [9.17, 15) is 9.59 Å². The molecule has 0 heterocycles. The summed E-state index contributed by atoms with van der Waals surface area (Å²) in [6.07, 6.45) is 0. The highest BCUT2D eigenvalue weighted by atomic mass is 16.5. The van der Waals surface area contributed by atoms with E-state index in [0.29, 0.717) is 23.7 Å². The number of rotatable bonds is 7. The number of carbonyl (C=O) groups excluding carboxylic acids is 2. The quantitative estimate of drug-likeness (QED) is 0.740. The van der Waals surface area contributed by atoms with Gasteiger partial charge in [-0.25, -0.2) is 0 Å². The molecule has 0 bridgehead atoms. The third-order valence-electron chi connectivity index (χ3n) is 4.48. The molecule has 6 nitrogen and oxygen atoms in total. The highest BCUT2D eigenvalue weighted by Crippen LogP contribution is 2.28. The molecule has 2 N–H and O–H groups in total. The number of nitrogens with one attached hydrogen (secondary N) is 2. The molecule has 2 rings (SSSR count). The van der Waals surface area contributed by atoms with Gasteiger partial charge in [0.2, 0.25) is 11.8 Å². The molecule has 2 aromatic rings. The first-order chi connectivity index (χ1) is 13.6. The fourth-order valence-corrected chi connectivity index (χ4v) is 3.00. The Balaban J connectivity index is 1.98. The molecular formula is C23H31N3O3. The number of hydrogen-bond donors (Lipinski definition) is 2. The first-order valence-corrected chi connectivity index (χ1v) is 9.62. The van der Waals surface area contributed by atoms with Crippen molar-refractivity contribution in [1.82, 2.24) is 4.90 Å². The number of anilines is 2. The zero-order valence-corrected chi connectivity index (χ0v) is 18.1. The minimum Gasteiger partial charge on any atom is -0.495 e. The molecule has 29 heavy (non-hydrogen) atoms. The fraction of sp³-hybridized carbons (Fsp3) is 0.391. The molecule has 0 saturated heterocycles. The van der Waals surface area contributed by atoms with E-state index in [1.165, 1.54) is 19.6 Å². The van der Waals surface area contributed by atoms with Crippen LogP contribution in [-0.4, -0.2) is 37.4 Å².